The highest BCUT2D eigenvalue weighted by Gasteiger charge is 2.03. The van der Waals surface area contributed by atoms with Gasteiger partial charge in [0.2, 0.25) is 0 Å². The highest BCUT2D eigenvalue weighted by molar-refractivity contribution is 7.09. The van der Waals surface area contributed by atoms with E-state index in [0.717, 1.165) is 23.5 Å². The molecule has 2 rings (SSSR count). The molecule has 2 aromatic rings. The minimum Gasteiger partial charge on any atom is -0.257 e. The van der Waals surface area contributed by atoms with Crippen LogP contribution in [0, 0.1) is 13.8 Å². The van der Waals surface area contributed by atoms with E-state index in [0.29, 0.717) is 0 Å². The van der Waals surface area contributed by atoms with Crippen LogP contribution >= 0.6 is 11.3 Å². The van der Waals surface area contributed by atoms with Crippen LogP contribution in [-0.4, -0.2) is 9.97 Å². The van der Waals surface area contributed by atoms with Gasteiger partial charge in [-0.05, 0) is 25.3 Å². The van der Waals surface area contributed by atoms with Crippen LogP contribution in [0.1, 0.15) is 22.0 Å². The number of aromatic nitrogens is 2. The largest absolute Gasteiger partial charge is 0.257 e. The van der Waals surface area contributed by atoms with Crippen LogP contribution in [0.3, 0.4) is 0 Å². The first-order valence-corrected chi connectivity index (χ1v) is 5.45. The second kappa shape index (κ2) is 3.88. The third-order valence-corrected chi connectivity index (χ3v) is 2.97. The fraction of sp³-hybridized carbons (Fsp3) is 0.273. The van der Waals surface area contributed by atoms with Crippen LogP contribution < -0.4 is 0 Å². The van der Waals surface area contributed by atoms with E-state index in [1.807, 2.05) is 20.0 Å². The summed E-state index contributed by atoms with van der Waals surface area (Å²) >= 11 is 1.76. The molecular weight excluding hydrogens is 192 g/mol. The van der Waals surface area contributed by atoms with E-state index < -0.39 is 0 Å². The predicted molar refractivity (Wildman–Crippen MR) is 58.6 cm³/mol. The molecule has 0 aliphatic heterocycles. The van der Waals surface area contributed by atoms with Crippen LogP contribution in [0.25, 0.3) is 0 Å². The second-order valence-corrected chi connectivity index (χ2v) is 4.33. The number of rotatable bonds is 2. The Kier molecular flexibility index (Phi) is 2.59. The molecule has 2 heterocycles. The van der Waals surface area contributed by atoms with Gasteiger partial charge in [0.25, 0.3) is 0 Å². The Morgan fingerprint density at radius 1 is 1.36 bits per heavy atom. The molecule has 0 aliphatic carbocycles. The van der Waals surface area contributed by atoms with Gasteiger partial charge in [-0.3, -0.25) is 9.97 Å². The van der Waals surface area contributed by atoms with Crippen molar-refractivity contribution in [2.75, 3.05) is 0 Å². The molecule has 14 heavy (non-hydrogen) atoms. The van der Waals surface area contributed by atoms with E-state index >= 15 is 0 Å². The van der Waals surface area contributed by atoms with Crippen molar-refractivity contribution < 1.29 is 0 Å². The Morgan fingerprint density at radius 3 is 2.86 bits per heavy atom. The summed E-state index contributed by atoms with van der Waals surface area (Å²) in [4.78, 5) is 10.1. The number of hydrogen-bond donors (Lipinski definition) is 0. The molecule has 0 unspecified atom stereocenters. The Morgan fingerprint density at radius 2 is 2.21 bits per heavy atom. The van der Waals surface area contributed by atoms with Crippen LogP contribution in [0.4, 0.5) is 0 Å². The first-order valence-electron chi connectivity index (χ1n) is 4.57. The lowest BCUT2D eigenvalue weighted by Crippen LogP contribution is -1.98. The molecule has 0 atom stereocenters. The van der Waals surface area contributed by atoms with Gasteiger partial charge in [-0.25, -0.2) is 0 Å². The zero-order valence-corrected chi connectivity index (χ0v) is 9.14. The maximum atomic E-state index is 4.40. The molecule has 0 saturated carbocycles. The molecule has 0 spiro atoms. The average molecular weight is 204 g/mol. The Balaban J connectivity index is 2.25. The van der Waals surface area contributed by atoms with Crippen molar-refractivity contribution in [3.8, 4) is 0 Å². The monoisotopic (exact) mass is 204 g/mol. The van der Waals surface area contributed by atoms with Crippen molar-refractivity contribution in [1.82, 2.24) is 9.97 Å². The zero-order valence-electron chi connectivity index (χ0n) is 8.32. The summed E-state index contributed by atoms with van der Waals surface area (Å²) in [6.07, 6.45) is 2.73. The van der Waals surface area contributed by atoms with Gasteiger partial charge in [0.05, 0.1) is 17.1 Å². The normalized spacial score (nSPS) is 10.4. The third-order valence-electron chi connectivity index (χ3n) is 2.09. The fourth-order valence-corrected chi connectivity index (χ4v) is 2.08. The maximum Gasteiger partial charge on any atom is 0.0668 e. The van der Waals surface area contributed by atoms with E-state index in [1.165, 1.54) is 4.88 Å². The van der Waals surface area contributed by atoms with Crippen LogP contribution in [0.2, 0.25) is 0 Å². The average Bonchev–Trinajstić information content (AvgIpc) is 2.62. The predicted octanol–water partition coefficient (Wildman–Crippen LogP) is 2.75. The summed E-state index contributed by atoms with van der Waals surface area (Å²) in [6.45, 7) is 3.98. The maximum absolute atomic E-state index is 4.40. The standard InChI is InChI=1S/C11H12N2S/c1-8-7-12-11(9(2)13-8)6-10-4-3-5-14-10/h3-5,7H,6H2,1-2H3. The molecule has 0 radical (unpaired) electrons. The van der Waals surface area contributed by atoms with Gasteiger partial charge >= 0.3 is 0 Å². The third kappa shape index (κ3) is 1.99. The summed E-state index contributed by atoms with van der Waals surface area (Å²) in [5.74, 6) is 0. The second-order valence-electron chi connectivity index (χ2n) is 3.30. The minimum atomic E-state index is 0.900. The SMILES string of the molecule is Cc1cnc(Cc2cccs2)c(C)n1. The molecule has 72 valence electrons. The summed E-state index contributed by atoms with van der Waals surface area (Å²) in [6, 6.07) is 4.20. The smallest absolute Gasteiger partial charge is 0.0668 e. The number of aryl methyl sites for hydroxylation is 2. The molecule has 0 bridgehead atoms. The first-order chi connectivity index (χ1) is 6.75. The molecule has 0 aromatic carbocycles. The topological polar surface area (TPSA) is 25.8 Å². The summed E-state index contributed by atoms with van der Waals surface area (Å²) < 4.78 is 0. The van der Waals surface area contributed by atoms with Gasteiger partial charge in [-0.15, -0.1) is 11.3 Å². The lowest BCUT2D eigenvalue weighted by atomic mass is 10.2. The Labute approximate surface area is 87.7 Å². The lowest BCUT2D eigenvalue weighted by Gasteiger charge is -2.02. The molecule has 0 aliphatic rings. The molecule has 3 heteroatoms. The van der Waals surface area contributed by atoms with Crippen LogP contribution in [0.15, 0.2) is 23.7 Å². The van der Waals surface area contributed by atoms with Crippen molar-refractivity contribution in [3.05, 3.63) is 45.7 Å². The Hall–Kier alpha value is -1.22. The zero-order chi connectivity index (χ0) is 9.97. The van der Waals surface area contributed by atoms with Crippen molar-refractivity contribution in [1.29, 1.82) is 0 Å². The van der Waals surface area contributed by atoms with Gasteiger partial charge < -0.3 is 0 Å². The van der Waals surface area contributed by atoms with Crippen molar-refractivity contribution in [2.24, 2.45) is 0 Å². The molecule has 2 aromatic heterocycles. The summed E-state index contributed by atoms with van der Waals surface area (Å²) in [5.41, 5.74) is 3.11. The van der Waals surface area contributed by atoms with Crippen molar-refractivity contribution in [3.63, 3.8) is 0 Å². The minimum absolute atomic E-state index is 0.900. The van der Waals surface area contributed by atoms with E-state index in [9.17, 15) is 0 Å². The van der Waals surface area contributed by atoms with Gasteiger partial charge in [0.15, 0.2) is 0 Å². The number of nitrogens with zero attached hydrogens (tertiary/aromatic N) is 2. The quantitative estimate of drug-likeness (QED) is 0.751. The summed E-state index contributed by atoms with van der Waals surface area (Å²) in [5, 5.41) is 2.09. The van der Waals surface area contributed by atoms with Gasteiger partial charge in [-0.1, -0.05) is 6.07 Å². The lowest BCUT2D eigenvalue weighted by molar-refractivity contribution is 0.962. The first kappa shape index (κ1) is 9.34. The Bertz CT molecular complexity index is 421. The van der Waals surface area contributed by atoms with Gasteiger partial charge in [0.1, 0.15) is 0 Å². The van der Waals surface area contributed by atoms with E-state index in [2.05, 4.69) is 27.5 Å². The van der Waals surface area contributed by atoms with E-state index in [1.54, 1.807) is 11.3 Å². The molecular formula is C11H12N2S. The van der Waals surface area contributed by atoms with Gasteiger partial charge in [0, 0.05) is 17.5 Å². The molecule has 0 fully saturated rings. The molecule has 0 amide bonds. The highest BCUT2D eigenvalue weighted by Crippen LogP contribution is 2.14. The summed E-state index contributed by atoms with van der Waals surface area (Å²) in [7, 11) is 0. The van der Waals surface area contributed by atoms with E-state index in [-0.39, 0.29) is 0 Å². The highest BCUT2D eigenvalue weighted by atomic mass is 32.1. The molecule has 0 saturated heterocycles. The van der Waals surface area contributed by atoms with Crippen molar-refractivity contribution in [2.45, 2.75) is 20.3 Å². The van der Waals surface area contributed by atoms with Crippen LogP contribution in [0.5, 0.6) is 0 Å². The van der Waals surface area contributed by atoms with E-state index in [4.69, 9.17) is 0 Å². The number of hydrogen-bond acceptors (Lipinski definition) is 3. The molecule has 2 nitrogen and oxygen atoms in total. The molecule has 0 N–H and O–H groups in total. The van der Waals surface area contributed by atoms with Gasteiger partial charge in [-0.2, -0.15) is 0 Å². The fourth-order valence-electron chi connectivity index (χ4n) is 1.37. The van der Waals surface area contributed by atoms with Crippen molar-refractivity contribution >= 4 is 11.3 Å². The van der Waals surface area contributed by atoms with Crippen LogP contribution in [-0.2, 0) is 6.42 Å². The number of thiophene rings is 1.